The first-order valence-electron chi connectivity index (χ1n) is 12.1. The Morgan fingerprint density at radius 2 is 1.62 bits per heavy atom. The third kappa shape index (κ3) is 5.51. The predicted octanol–water partition coefficient (Wildman–Crippen LogP) is 8.60. The lowest BCUT2D eigenvalue weighted by Gasteiger charge is -2.25. The summed E-state index contributed by atoms with van der Waals surface area (Å²) in [6, 6.07) is 17.4. The Bertz CT molecular complexity index is 1590. The zero-order chi connectivity index (χ0) is 27.3. The summed E-state index contributed by atoms with van der Waals surface area (Å²) in [5.41, 5.74) is 2.08. The number of amides is 1. The average Bonchev–Trinajstić information content (AvgIpc) is 3.45. The van der Waals surface area contributed by atoms with Gasteiger partial charge in [-0.15, -0.1) is 22.7 Å². The van der Waals surface area contributed by atoms with Crippen molar-refractivity contribution >= 4 is 65.8 Å². The maximum atomic E-state index is 13.2. The lowest BCUT2D eigenvalue weighted by atomic mass is 9.83. The van der Waals surface area contributed by atoms with Crippen LogP contribution in [0.2, 0.25) is 5.02 Å². The Balaban J connectivity index is 1.62. The van der Waals surface area contributed by atoms with Gasteiger partial charge in [0.1, 0.15) is 0 Å². The maximum Gasteiger partial charge on any atom is 0.265 e. The van der Waals surface area contributed by atoms with Gasteiger partial charge in [0.15, 0.2) is 9.84 Å². The van der Waals surface area contributed by atoms with Crippen molar-refractivity contribution in [3.63, 3.8) is 0 Å². The van der Waals surface area contributed by atoms with Crippen LogP contribution in [0, 0.1) is 0 Å². The number of fused-ring (bicyclic) bond motifs is 1. The zero-order valence-electron chi connectivity index (χ0n) is 22.1. The van der Waals surface area contributed by atoms with E-state index in [1.165, 1.54) is 27.3 Å². The van der Waals surface area contributed by atoms with Gasteiger partial charge in [0, 0.05) is 36.8 Å². The summed E-state index contributed by atoms with van der Waals surface area (Å²) in [4.78, 5) is 16.3. The average molecular weight is 574 g/mol. The van der Waals surface area contributed by atoms with Gasteiger partial charge in [0.2, 0.25) is 0 Å². The highest BCUT2D eigenvalue weighted by atomic mass is 35.5. The fraction of sp³-hybridized carbons (Fsp3) is 0.345. The molecule has 0 aliphatic rings. The Kier molecular flexibility index (Phi) is 7.40. The summed E-state index contributed by atoms with van der Waals surface area (Å²) in [6.07, 6.45) is 1.24. The van der Waals surface area contributed by atoms with E-state index >= 15 is 0 Å². The number of sulfone groups is 1. The lowest BCUT2D eigenvalue weighted by molar-refractivity contribution is 0.103. The van der Waals surface area contributed by atoms with Gasteiger partial charge in [-0.05, 0) is 84.8 Å². The minimum Gasteiger partial charge on any atom is -0.321 e. The molecule has 0 fully saturated rings. The van der Waals surface area contributed by atoms with Crippen LogP contribution in [-0.2, 0) is 20.0 Å². The smallest absolute Gasteiger partial charge is 0.265 e. The predicted molar refractivity (Wildman–Crippen MR) is 160 cm³/mol. The van der Waals surface area contributed by atoms with Crippen LogP contribution in [0.1, 0.15) is 78.0 Å². The van der Waals surface area contributed by atoms with Gasteiger partial charge in [0.25, 0.3) is 5.91 Å². The first-order valence-corrected chi connectivity index (χ1v) is 16.0. The molecule has 2 heterocycles. The number of halogens is 1. The molecular weight excluding hydrogens is 542 g/mol. The monoisotopic (exact) mass is 573 g/mol. The van der Waals surface area contributed by atoms with E-state index in [-0.39, 0.29) is 11.3 Å². The summed E-state index contributed by atoms with van der Waals surface area (Å²) in [5, 5.41) is 4.42. The number of nitrogens with one attached hydrogen (secondary N) is 1. The van der Waals surface area contributed by atoms with Gasteiger partial charge in [0.05, 0.1) is 9.62 Å². The number of benzene rings is 2. The maximum absolute atomic E-state index is 13.2. The van der Waals surface area contributed by atoms with Crippen molar-refractivity contribution in [2.45, 2.75) is 57.6 Å². The number of hydrogen-bond acceptors (Lipinski definition) is 5. The van der Waals surface area contributed by atoms with Crippen molar-refractivity contribution in [2.24, 2.45) is 0 Å². The summed E-state index contributed by atoms with van der Waals surface area (Å²) >= 11 is 9.68. The molecule has 0 saturated heterocycles. The molecule has 2 aromatic carbocycles. The minimum absolute atomic E-state index is 0.227. The second-order valence-electron chi connectivity index (χ2n) is 10.8. The SMILES string of the molecule is CC(C)c1ccc(C(C)(C)c2cc(Cl)cc(NC(=O)c3cc4cc(C(C)(C)S(C)(=O)=O)ccc4s3)c2)s1. The highest BCUT2D eigenvalue weighted by Crippen LogP contribution is 2.40. The van der Waals surface area contributed by atoms with Crippen molar-refractivity contribution in [3.8, 4) is 0 Å². The summed E-state index contributed by atoms with van der Waals surface area (Å²) in [7, 11) is -3.31. The Labute approximate surface area is 232 Å². The molecule has 8 heteroatoms. The quantitative estimate of drug-likeness (QED) is 0.241. The molecule has 0 radical (unpaired) electrons. The van der Waals surface area contributed by atoms with Gasteiger partial charge in [-0.2, -0.15) is 0 Å². The van der Waals surface area contributed by atoms with Crippen LogP contribution in [-0.4, -0.2) is 20.6 Å². The molecule has 4 rings (SSSR count). The molecule has 0 aliphatic heterocycles. The van der Waals surface area contributed by atoms with E-state index in [9.17, 15) is 13.2 Å². The lowest BCUT2D eigenvalue weighted by Crippen LogP contribution is -2.27. The van der Waals surface area contributed by atoms with Crippen LogP contribution in [0.15, 0.2) is 54.6 Å². The molecule has 196 valence electrons. The molecule has 0 unspecified atom stereocenters. The molecule has 4 aromatic rings. The Hall–Kier alpha value is -2.19. The second kappa shape index (κ2) is 9.84. The molecule has 0 bridgehead atoms. The van der Waals surface area contributed by atoms with E-state index in [1.54, 1.807) is 31.3 Å². The summed E-state index contributed by atoms with van der Waals surface area (Å²) in [6.45, 7) is 12.1. The molecule has 0 spiro atoms. The van der Waals surface area contributed by atoms with E-state index in [1.807, 2.05) is 36.4 Å². The van der Waals surface area contributed by atoms with Gasteiger partial charge in [-0.1, -0.05) is 45.4 Å². The molecule has 0 saturated carbocycles. The molecule has 1 N–H and O–H groups in total. The van der Waals surface area contributed by atoms with Crippen molar-refractivity contribution in [3.05, 3.63) is 85.4 Å². The topological polar surface area (TPSA) is 63.2 Å². The largest absolute Gasteiger partial charge is 0.321 e. The summed E-state index contributed by atoms with van der Waals surface area (Å²) < 4.78 is 24.5. The molecule has 37 heavy (non-hydrogen) atoms. The number of anilines is 1. The number of hydrogen-bond donors (Lipinski definition) is 1. The Morgan fingerprint density at radius 3 is 2.24 bits per heavy atom. The standard InChI is InChI=1S/C29H32ClNO3S3/c1-17(2)23-10-11-26(36-23)28(3,4)20-14-21(30)16-22(15-20)31-27(32)25-13-18-12-19(8-9-24(18)35-25)29(5,6)37(7,33)34/h8-17H,1-7H3,(H,31,32). The number of thiophene rings is 2. The van der Waals surface area contributed by atoms with Crippen LogP contribution in [0.3, 0.4) is 0 Å². The van der Waals surface area contributed by atoms with Crippen molar-refractivity contribution in [1.82, 2.24) is 0 Å². The van der Waals surface area contributed by atoms with Crippen LogP contribution in [0.5, 0.6) is 0 Å². The van der Waals surface area contributed by atoms with E-state index in [0.29, 0.717) is 27.1 Å². The van der Waals surface area contributed by atoms with Crippen molar-refractivity contribution in [1.29, 1.82) is 0 Å². The number of carbonyl (C=O) groups excluding carboxylic acids is 1. The molecular formula is C29H32ClNO3S3. The van der Waals surface area contributed by atoms with Gasteiger partial charge < -0.3 is 5.32 Å². The highest BCUT2D eigenvalue weighted by molar-refractivity contribution is 7.91. The van der Waals surface area contributed by atoms with Crippen LogP contribution in [0.4, 0.5) is 5.69 Å². The van der Waals surface area contributed by atoms with E-state index in [2.05, 4.69) is 45.1 Å². The third-order valence-corrected chi connectivity index (χ3v) is 12.2. The van der Waals surface area contributed by atoms with Gasteiger partial charge in [-0.25, -0.2) is 8.42 Å². The Morgan fingerprint density at radius 1 is 0.919 bits per heavy atom. The van der Waals surface area contributed by atoms with Crippen LogP contribution < -0.4 is 5.32 Å². The fourth-order valence-electron chi connectivity index (χ4n) is 4.10. The summed E-state index contributed by atoms with van der Waals surface area (Å²) in [5.74, 6) is 0.243. The highest BCUT2D eigenvalue weighted by Gasteiger charge is 2.32. The third-order valence-electron chi connectivity index (χ3n) is 7.05. The molecule has 0 aliphatic carbocycles. The number of rotatable bonds is 7. The number of carbonyl (C=O) groups is 1. The van der Waals surface area contributed by atoms with Crippen molar-refractivity contribution < 1.29 is 13.2 Å². The van der Waals surface area contributed by atoms with Crippen molar-refractivity contribution in [2.75, 3.05) is 11.6 Å². The molecule has 0 atom stereocenters. The molecule has 2 aromatic heterocycles. The fourth-order valence-corrected chi connectivity index (χ4v) is 6.96. The zero-order valence-corrected chi connectivity index (χ0v) is 25.3. The normalized spacial score (nSPS) is 12.9. The van der Waals surface area contributed by atoms with Gasteiger partial charge >= 0.3 is 0 Å². The van der Waals surface area contributed by atoms with E-state index in [0.717, 1.165) is 15.6 Å². The first-order chi connectivity index (χ1) is 17.1. The van der Waals surface area contributed by atoms with Crippen LogP contribution in [0.25, 0.3) is 10.1 Å². The first kappa shape index (κ1) is 27.8. The second-order valence-corrected chi connectivity index (χ2v) is 16.0. The minimum atomic E-state index is -3.31. The van der Waals surface area contributed by atoms with E-state index in [4.69, 9.17) is 11.6 Å². The molecule has 4 nitrogen and oxygen atoms in total. The molecule has 1 amide bonds. The van der Waals surface area contributed by atoms with Crippen LogP contribution >= 0.6 is 34.3 Å². The van der Waals surface area contributed by atoms with Gasteiger partial charge in [-0.3, -0.25) is 4.79 Å². The van der Waals surface area contributed by atoms with E-state index < -0.39 is 14.6 Å².